The van der Waals surface area contributed by atoms with Crippen molar-refractivity contribution in [2.45, 2.75) is 6.92 Å². The maximum Gasteiger partial charge on any atom is 0.273 e. The van der Waals surface area contributed by atoms with E-state index in [1.165, 1.54) is 6.92 Å². The number of rotatable bonds is 2. The van der Waals surface area contributed by atoms with Gasteiger partial charge in [-0.05, 0) is 13.0 Å². The number of carbonyl (C=O) groups is 1. The molecule has 3 heteroatoms. The molecule has 1 N–H and O–H groups in total. The van der Waals surface area contributed by atoms with Gasteiger partial charge in [-0.2, -0.15) is 5.06 Å². The lowest BCUT2D eigenvalue weighted by molar-refractivity contribution is -0.150. The Morgan fingerprint density at radius 2 is 2.22 bits per heavy atom. The van der Waals surface area contributed by atoms with Gasteiger partial charge in [0, 0.05) is 5.70 Å². The average Bonchev–Trinajstić information content (AvgIpc) is 1.84. The third-order valence-corrected chi connectivity index (χ3v) is 0.745. The van der Waals surface area contributed by atoms with Gasteiger partial charge in [-0.25, -0.2) is 0 Å². The number of hydroxylamine groups is 2. The molecule has 0 saturated carbocycles. The molecule has 0 radical (unpaired) electrons. The van der Waals surface area contributed by atoms with Gasteiger partial charge in [-0.3, -0.25) is 10.0 Å². The van der Waals surface area contributed by atoms with Crippen molar-refractivity contribution in [2.24, 2.45) is 0 Å². The van der Waals surface area contributed by atoms with Gasteiger partial charge in [0.25, 0.3) is 5.91 Å². The molecular formula is C6H9NO2. The molecular weight excluding hydrogens is 118 g/mol. The van der Waals surface area contributed by atoms with Crippen molar-refractivity contribution in [1.82, 2.24) is 5.06 Å². The molecule has 0 aromatic carbocycles. The minimum atomic E-state index is -0.567. The Bertz CT molecular complexity index is 151. The number of hydrogen-bond acceptors (Lipinski definition) is 2. The molecule has 0 unspecified atom stereocenters. The second-order valence-electron chi connectivity index (χ2n) is 1.59. The first-order valence-corrected chi connectivity index (χ1v) is 2.40. The topological polar surface area (TPSA) is 40.5 Å². The zero-order chi connectivity index (χ0) is 7.44. The van der Waals surface area contributed by atoms with Crippen LogP contribution in [-0.4, -0.2) is 16.2 Å². The summed E-state index contributed by atoms with van der Waals surface area (Å²) in [5.41, 5.74) is 0.278. The molecule has 0 aliphatic rings. The average molecular weight is 127 g/mol. The van der Waals surface area contributed by atoms with Crippen molar-refractivity contribution in [2.75, 3.05) is 0 Å². The van der Waals surface area contributed by atoms with E-state index in [0.717, 1.165) is 6.08 Å². The highest BCUT2D eigenvalue weighted by Crippen LogP contribution is 1.95. The van der Waals surface area contributed by atoms with Crippen LogP contribution < -0.4 is 0 Å². The van der Waals surface area contributed by atoms with Crippen LogP contribution in [0.4, 0.5) is 0 Å². The summed E-state index contributed by atoms with van der Waals surface area (Å²) in [4.78, 5) is 10.5. The summed E-state index contributed by atoms with van der Waals surface area (Å²) in [5, 5.41) is 9.15. The highest BCUT2D eigenvalue weighted by atomic mass is 16.5. The van der Waals surface area contributed by atoms with Gasteiger partial charge in [0.05, 0.1) is 0 Å². The van der Waals surface area contributed by atoms with Crippen LogP contribution >= 0.6 is 0 Å². The smallest absolute Gasteiger partial charge is 0.273 e. The molecule has 0 aliphatic carbocycles. The maximum absolute atomic E-state index is 10.5. The highest BCUT2D eigenvalue weighted by molar-refractivity contribution is 5.87. The minimum absolute atomic E-state index is 0.278. The molecule has 0 aliphatic heterocycles. The zero-order valence-corrected chi connectivity index (χ0v) is 5.29. The number of hydrogen-bond donors (Lipinski definition) is 1. The lowest BCUT2D eigenvalue weighted by atomic mass is 10.5. The third-order valence-electron chi connectivity index (χ3n) is 0.745. The molecule has 1 amide bonds. The monoisotopic (exact) mass is 127 g/mol. The lowest BCUT2D eigenvalue weighted by Crippen LogP contribution is -2.22. The van der Waals surface area contributed by atoms with Crippen LogP contribution in [0.25, 0.3) is 0 Å². The molecule has 0 heterocycles. The molecule has 0 saturated heterocycles. The van der Waals surface area contributed by atoms with Crippen molar-refractivity contribution < 1.29 is 10.0 Å². The van der Waals surface area contributed by atoms with Gasteiger partial charge in [-0.15, -0.1) is 0 Å². The first-order valence-electron chi connectivity index (χ1n) is 2.40. The predicted molar refractivity (Wildman–Crippen MR) is 33.6 cm³/mol. The van der Waals surface area contributed by atoms with Gasteiger partial charge >= 0.3 is 0 Å². The Morgan fingerprint density at radius 1 is 1.78 bits per heavy atom. The van der Waals surface area contributed by atoms with Crippen molar-refractivity contribution in [3.8, 4) is 0 Å². The Kier molecular flexibility index (Phi) is 2.67. The second-order valence-corrected chi connectivity index (χ2v) is 1.59. The normalized spacial score (nSPS) is 8.22. The number of allylic oxidation sites excluding steroid dienone is 1. The summed E-state index contributed by atoms with van der Waals surface area (Å²) in [6.45, 7) is 8.02. The number of amides is 1. The summed E-state index contributed by atoms with van der Waals surface area (Å²) in [7, 11) is 0. The fraction of sp³-hybridized carbons (Fsp3) is 0.167. The first kappa shape index (κ1) is 7.91. The molecule has 0 fully saturated rings. The molecule has 9 heavy (non-hydrogen) atoms. The quantitative estimate of drug-likeness (QED) is 0.340. The maximum atomic E-state index is 10.5. The fourth-order valence-corrected chi connectivity index (χ4v) is 0.275. The Morgan fingerprint density at radius 3 is 2.33 bits per heavy atom. The van der Waals surface area contributed by atoms with E-state index in [-0.39, 0.29) is 5.70 Å². The summed E-state index contributed by atoms with van der Waals surface area (Å²) in [6, 6.07) is 0. The molecule has 3 nitrogen and oxygen atoms in total. The fourth-order valence-electron chi connectivity index (χ4n) is 0.275. The number of carbonyl (C=O) groups excluding carboxylic acids is 1. The van der Waals surface area contributed by atoms with E-state index in [9.17, 15) is 4.79 Å². The number of nitrogens with zero attached hydrogens (tertiary/aromatic N) is 1. The van der Waals surface area contributed by atoms with Crippen molar-refractivity contribution >= 4 is 5.91 Å². The summed E-state index contributed by atoms with van der Waals surface area (Å²) < 4.78 is 0. The van der Waals surface area contributed by atoms with E-state index >= 15 is 0 Å². The van der Waals surface area contributed by atoms with Gasteiger partial charge in [-0.1, -0.05) is 13.2 Å². The third kappa shape index (κ3) is 2.10. The van der Waals surface area contributed by atoms with Crippen LogP contribution in [0.3, 0.4) is 0 Å². The minimum Gasteiger partial charge on any atom is -0.281 e. The largest absolute Gasteiger partial charge is 0.281 e. The van der Waals surface area contributed by atoms with Crippen LogP contribution in [0.1, 0.15) is 6.92 Å². The van der Waals surface area contributed by atoms with Crippen LogP contribution in [0.5, 0.6) is 0 Å². The predicted octanol–water partition coefficient (Wildman–Crippen LogP) is 0.924. The van der Waals surface area contributed by atoms with Crippen LogP contribution in [0, 0.1) is 0 Å². The van der Waals surface area contributed by atoms with Gasteiger partial charge in [0.2, 0.25) is 0 Å². The second kappa shape index (κ2) is 3.04. The SMILES string of the molecule is C=CC(=O)N(O)C(=C)C. The van der Waals surface area contributed by atoms with Gasteiger partial charge < -0.3 is 0 Å². The van der Waals surface area contributed by atoms with Gasteiger partial charge in [0.1, 0.15) is 0 Å². The van der Waals surface area contributed by atoms with E-state index in [1.807, 2.05) is 0 Å². The van der Waals surface area contributed by atoms with E-state index in [4.69, 9.17) is 5.21 Å². The zero-order valence-electron chi connectivity index (χ0n) is 5.29. The molecule has 0 aromatic rings. The van der Waals surface area contributed by atoms with E-state index in [2.05, 4.69) is 13.2 Å². The van der Waals surface area contributed by atoms with Crippen molar-refractivity contribution in [3.05, 3.63) is 24.9 Å². The molecule has 0 bridgehead atoms. The lowest BCUT2D eigenvalue weighted by Gasteiger charge is -2.10. The van der Waals surface area contributed by atoms with E-state index in [1.54, 1.807) is 0 Å². The standard InChI is InChI=1S/C6H9NO2/c1-4-6(8)7(9)5(2)3/h4,9H,1-2H2,3H3. The van der Waals surface area contributed by atoms with Crippen LogP contribution in [-0.2, 0) is 4.79 Å². The molecule has 50 valence electrons. The summed E-state index contributed by atoms with van der Waals surface area (Å²) in [5.74, 6) is -0.567. The van der Waals surface area contributed by atoms with Crippen LogP contribution in [0.2, 0.25) is 0 Å². The first-order chi connectivity index (χ1) is 4.09. The summed E-state index contributed by atoms with van der Waals surface area (Å²) in [6.07, 6.45) is 1.01. The molecule has 0 atom stereocenters. The van der Waals surface area contributed by atoms with Crippen molar-refractivity contribution in [1.29, 1.82) is 0 Å². The molecule has 0 aromatic heterocycles. The van der Waals surface area contributed by atoms with E-state index < -0.39 is 5.91 Å². The Labute approximate surface area is 53.9 Å². The van der Waals surface area contributed by atoms with Crippen molar-refractivity contribution in [3.63, 3.8) is 0 Å². The Hall–Kier alpha value is -1.09. The van der Waals surface area contributed by atoms with Gasteiger partial charge in [0.15, 0.2) is 0 Å². The summed E-state index contributed by atoms with van der Waals surface area (Å²) >= 11 is 0. The highest BCUT2D eigenvalue weighted by Gasteiger charge is 2.04. The van der Waals surface area contributed by atoms with E-state index in [0.29, 0.717) is 5.06 Å². The van der Waals surface area contributed by atoms with Crippen LogP contribution in [0.15, 0.2) is 24.9 Å². The molecule has 0 spiro atoms. The Balaban J connectivity index is 4.03. The molecule has 0 rings (SSSR count).